The molecule has 1 saturated carbocycles. The smallest absolute Gasteiger partial charge is 0.187 e. The zero-order valence-electron chi connectivity index (χ0n) is 13.1. The highest BCUT2D eigenvalue weighted by atomic mass is 32.2. The Morgan fingerprint density at radius 3 is 2.55 bits per heavy atom. The number of thioether (sulfide) groups is 1. The van der Waals surface area contributed by atoms with E-state index in [1.807, 2.05) is 19.3 Å². The maximum atomic E-state index is 6.33. The molecule has 2 rings (SSSR count). The van der Waals surface area contributed by atoms with Crippen LogP contribution in [0.15, 0.2) is 17.6 Å². The molecular formula is C16H27N3S. The summed E-state index contributed by atoms with van der Waals surface area (Å²) in [5, 5.41) is 1.31. The summed E-state index contributed by atoms with van der Waals surface area (Å²) in [6.45, 7) is 9.08. The number of nitrogens with zero attached hydrogens (tertiary/aromatic N) is 2. The Kier molecular flexibility index (Phi) is 5.08. The van der Waals surface area contributed by atoms with Crippen LogP contribution in [-0.2, 0) is 0 Å². The first kappa shape index (κ1) is 15.8. The molecular weight excluding hydrogens is 266 g/mol. The minimum atomic E-state index is 0.272. The number of hydrogen-bond acceptors (Lipinski definition) is 4. The van der Waals surface area contributed by atoms with Gasteiger partial charge in [0.15, 0.2) is 5.16 Å². The van der Waals surface area contributed by atoms with E-state index in [0.29, 0.717) is 10.7 Å². The van der Waals surface area contributed by atoms with Crippen LogP contribution in [0.3, 0.4) is 0 Å². The second-order valence-electron chi connectivity index (χ2n) is 6.72. The van der Waals surface area contributed by atoms with Gasteiger partial charge in [-0.2, -0.15) is 0 Å². The Morgan fingerprint density at radius 2 is 1.95 bits per heavy atom. The first-order valence-electron chi connectivity index (χ1n) is 7.63. The zero-order chi connectivity index (χ0) is 14.8. The lowest BCUT2D eigenvalue weighted by Crippen LogP contribution is -2.42. The van der Waals surface area contributed by atoms with Gasteiger partial charge >= 0.3 is 0 Å². The minimum Gasteiger partial charge on any atom is -0.327 e. The van der Waals surface area contributed by atoms with Gasteiger partial charge in [-0.05, 0) is 43.1 Å². The lowest BCUT2D eigenvalue weighted by Gasteiger charge is -2.41. The monoisotopic (exact) mass is 293 g/mol. The number of aromatic nitrogens is 2. The van der Waals surface area contributed by atoms with E-state index in [1.54, 1.807) is 11.8 Å². The molecule has 1 aliphatic rings. The summed E-state index contributed by atoms with van der Waals surface area (Å²) >= 11 is 1.76. The van der Waals surface area contributed by atoms with Crippen LogP contribution >= 0.6 is 11.8 Å². The van der Waals surface area contributed by atoms with E-state index in [9.17, 15) is 0 Å². The molecule has 1 aromatic rings. The normalized spacial score (nSPS) is 27.6. The topological polar surface area (TPSA) is 51.8 Å². The summed E-state index contributed by atoms with van der Waals surface area (Å²) in [6, 6.07) is 0.272. The van der Waals surface area contributed by atoms with Crippen LogP contribution < -0.4 is 5.73 Å². The van der Waals surface area contributed by atoms with Gasteiger partial charge in [-0.25, -0.2) is 9.97 Å². The number of nitrogens with two attached hydrogens (primary N) is 1. The SMILES string of the molecule is CCC(C)(C)C1CCC(N)C(Sc2ncc(C)cn2)C1. The van der Waals surface area contributed by atoms with E-state index in [1.165, 1.54) is 19.3 Å². The third-order valence-corrected chi connectivity index (χ3v) is 6.14. The zero-order valence-corrected chi connectivity index (χ0v) is 13.9. The third-order valence-electron chi connectivity index (χ3n) is 4.87. The summed E-state index contributed by atoms with van der Waals surface area (Å²) in [5.74, 6) is 0.759. The molecule has 1 aromatic heterocycles. The maximum absolute atomic E-state index is 6.33. The molecule has 3 unspecified atom stereocenters. The van der Waals surface area contributed by atoms with Gasteiger partial charge in [0.05, 0.1) is 0 Å². The highest BCUT2D eigenvalue weighted by molar-refractivity contribution is 7.99. The van der Waals surface area contributed by atoms with E-state index < -0.39 is 0 Å². The van der Waals surface area contributed by atoms with Crippen LogP contribution in [0.5, 0.6) is 0 Å². The second-order valence-corrected chi connectivity index (χ2v) is 7.92. The van der Waals surface area contributed by atoms with E-state index in [-0.39, 0.29) is 6.04 Å². The Labute approximate surface area is 127 Å². The van der Waals surface area contributed by atoms with Crippen molar-refractivity contribution in [2.45, 2.75) is 69.8 Å². The largest absolute Gasteiger partial charge is 0.327 e. The summed E-state index contributed by atoms with van der Waals surface area (Å²) in [7, 11) is 0. The van der Waals surface area contributed by atoms with Crippen molar-refractivity contribution in [3.05, 3.63) is 18.0 Å². The fourth-order valence-corrected chi connectivity index (χ4v) is 4.00. The van der Waals surface area contributed by atoms with Gasteiger partial charge in [0.25, 0.3) is 0 Å². The molecule has 0 aromatic carbocycles. The van der Waals surface area contributed by atoms with Crippen molar-refractivity contribution < 1.29 is 0 Å². The van der Waals surface area contributed by atoms with Gasteiger partial charge in [-0.15, -0.1) is 0 Å². The summed E-state index contributed by atoms with van der Waals surface area (Å²) in [6.07, 6.45) is 8.56. The molecule has 0 radical (unpaired) electrons. The van der Waals surface area contributed by atoms with Crippen molar-refractivity contribution in [3.63, 3.8) is 0 Å². The standard InChI is InChI=1S/C16H27N3S/c1-5-16(3,4)12-6-7-13(17)14(8-12)20-15-18-9-11(2)10-19-15/h9-10,12-14H,5-8,17H2,1-4H3. The molecule has 0 bridgehead atoms. The second kappa shape index (κ2) is 6.44. The Morgan fingerprint density at radius 1 is 1.30 bits per heavy atom. The fraction of sp³-hybridized carbons (Fsp3) is 0.750. The molecule has 0 spiro atoms. The van der Waals surface area contributed by atoms with Gasteiger partial charge in [0.1, 0.15) is 0 Å². The summed E-state index contributed by atoms with van der Waals surface area (Å²) < 4.78 is 0. The molecule has 112 valence electrons. The lowest BCUT2D eigenvalue weighted by atomic mass is 9.69. The molecule has 4 heteroatoms. The van der Waals surface area contributed by atoms with Gasteiger partial charge in [0.2, 0.25) is 0 Å². The highest BCUT2D eigenvalue weighted by Gasteiger charge is 2.36. The van der Waals surface area contributed by atoms with E-state index in [0.717, 1.165) is 23.1 Å². The maximum Gasteiger partial charge on any atom is 0.187 e. The van der Waals surface area contributed by atoms with Crippen LogP contribution in [0, 0.1) is 18.3 Å². The Hall–Kier alpha value is -0.610. The van der Waals surface area contributed by atoms with Crippen molar-refractivity contribution in [1.29, 1.82) is 0 Å². The molecule has 20 heavy (non-hydrogen) atoms. The van der Waals surface area contributed by atoms with Crippen molar-refractivity contribution in [1.82, 2.24) is 9.97 Å². The van der Waals surface area contributed by atoms with Gasteiger partial charge in [-0.3, -0.25) is 0 Å². The molecule has 0 aliphatic heterocycles. The Bertz CT molecular complexity index is 430. The van der Waals surface area contributed by atoms with Crippen LogP contribution in [0.2, 0.25) is 0 Å². The predicted molar refractivity (Wildman–Crippen MR) is 85.8 cm³/mol. The van der Waals surface area contributed by atoms with Crippen LogP contribution in [0.4, 0.5) is 0 Å². The molecule has 1 fully saturated rings. The van der Waals surface area contributed by atoms with Crippen molar-refractivity contribution in [3.8, 4) is 0 Å². The summed E-state index contributed by atoms with van der Waals surface area (Å²) in [5.41, 5.74) is 7.84. The average Bonchev–Trinajstić information content (AvgIpc) is 2.43. The fourth-order valence-electron chi connectivity index (χ4n) is 2.86. The average molecular weight is 293 g/mol. The highest BCUT2D eigenvalue weighted by Crippen LogP contribution is 2.43. The minimum absolute atomic E-state index is 0.272. The van der Waals surface area contributed by atoms with Crippen molar-refractivity contribution >= 4 is 11.8 Å². The third kappa shape index (κ3) is 3.73. The number of hydrogen-bond donors (Lipinski definition) is 1. The number of aryl methyl sites for hydroxylation is 1. The molecule has 0 amide bonds. The predicted octanol–water partition coefficient (Wildman–Crippen LogP) is 3.81. The quantitative estimate of drug-likeness (QED) is 0.858. The van der Waals surface area contributed by atoms with E-state index in [4.69, 9.17) is 5.73 Å². The van der Waals surface area contributed by atoms with Gasteiger partial charge in [-0.1, -0.05) is 39.0 Å². The van der Waals surface area contributed by atoms with E-state index >= 15 is 0 Å². The van der Waals surface area contributed by atoms with Crippen molar-refractivity contribution in [2.75, 3.05) is 0 Å². The molecule has 3 atom stereocenters. The molecule has 3 nitrogen and oxygen atoms in total. The first-order valence-corrected chi connectivity index (χ1v) is 8.51. The molecule has 1 aliphatic carbocycles. The van der Waals surface area contributed by atoms with E-state index in [2.05, 4.69) is 30.7 Å². The first-order chi connectivity index (χ1) is 9.42. The molecule has 1 heterocycles. The van der Waals surface area contributed by atoms with Crippen LogP contribution in [0.25, 0.3) is 0 Å². The number of rotatable bonds is 4. The van der Waals surface area contributed by atoms with Crippen LogP contribution in [-0.4, -0.2) is 21.3 Å². The lowest BCUT2D eigenvalue weighted by molar-refractivity contribution is 0.148. The molecule has 0 saturated heterocycles. The Balaban J connectivity index is 2.04. The van der Waals surface area contributed by atoms with Gasteiger partial charge < -0.3 is 5.73 Å². The summed E-state index contributed by atoms with van der Waals surface area (Å²) in [4.78, 5) is 8.82. The van der Waals surface area contributed by atoms with Crippen LogP contribution in [0.1, 0.15) is 52.0 Å². The van der Waals surface area contributed by atoms with Crippen molar-refractivity contribution in [2.24, 2.45) is 17.1 Å². The molecule has 2 N–H and O–H groups in total. The van der Waals surface area contributed by atoms with Gasteiger partial charge in [0, 0.05) is 23.7 Å².